The van der Waals surface area contributed by atoms with Crippen LogP contribution in [0, 0.1) is 10.1 Å². The van der Waals surface area contributed by atoms with E-state index in [4.69, 9.17) is 9.47 Å². The van der Waals surface area contributed by atoms with Crippen LogP contribution in [0.15, 0.2) is 24.3 Å². The summed E-state index contributed by atoms with van der Waals surface area (Å²) in [6.07, 6.45) is -3.61. The molecule has 8 atom stereocenters. The van der Waals surface area contributed by atoms with Crippen LogP contribution in [0.4, 0.5) is 10.5 Å². The second kappa shape index (κ2) is 12.1. The van der Waals surface area contributed by atoms with Crippen LogP contribution in [0.3, 0.4) is 0 Å². The van der Waals surface area contributed by atoms with Gasteiger partial charge in [0.15, 0.2) is 0 Å². The van der Waals surface area contributed by atoms with E-state index in [1.54, 1.807) is 11.8 Å². The van der Waals surface area contributed by atoms with E-state index in [1.165, 1.54) is 31.2 Å². The summed E-state index contributed by atoms with van der Waals surface area (Å²) in [6, 6.07) is 4.04. The van der Waals surface area contributed by atoms with Crippen molar-refractivity contribution in [3.8, 4) is 5.75 Å². The molecule has 0 saturated carbocycles. The number of rotatable bonds is 10. The topological polar surface area (TPSA) is 201 Å². The lowest BCUT2D eigenvalue weighted by atomic mass is 9.96. The third kappa shape index (κ3) is 6.64. The van der Waals surface area contributed by atoms with Crippen molar-refractivity contribution < 1.29 is 39.0 Å². The summed E-state index contributed by atoms with van der Waals surface area (Å²) < 4.78 is 11.6. The monoisotopic (exact) mass is 553 g/mol. The number of ether oxygens (including phenoxy) is 2. The number of nitro groups is 1. The van der Waals surface area contributed by atoms with Crippen LogP contribution < -0.4 is 26.0 Å². The predicted octanol–water partition coefficient (Wildman–Crippen LogP) is -0.623. The molecule has 1 aromatic rings. The minimum Gasteiger partial charge on any atom is -0.463 e. The number of non-ortho nitro benzene ring substituents is 1. The van der Waals surface area contributed by atoms with E-state index in [0.29, 0.717) is 6.42 Å². The number of nitro benzene ring substituents is 1. The first-order chi connectivity index (χ1) is 18.1. The fourth-order valence-corrected chi connectivity index (χ4v) is 6.32. The summed E-state index contributed by atoms with van der Waals surface area (Å²) in [4.78, 5) is 46.0. The first-order valence-electron chi connectivity index (χ1n) is 12.3. The average Bonchev–Trinajstić information content (AvgIpc) is 3.42. The number of benzene rings is 1. The SMILES string of the molecule is CC(=O)NC1[C@H](Oc2ccc([N+](=O)[O-])cc2)OC(CNC(=O)CCC[C@@H]2SC[C@@H]3NC(=O)N[C@@H]32)[C@@H](O)[C@@H]1O. The van der Waals surface area contributed by atoms with Crippen molar-refractivity contribution >= 4 is 35.3 Å². The molecule has 3 fully saturated rings. The number of carbonyl (C=O) groups excluding carboxylic acids is 3. The van der Waals surface area contributed by atoms with Crippen LogP contribution in [0.5, 0.6) is 5.75 Å². The molecular weight excluding hydrogens is 522 g/mol. The number of nitrogens with one attached hydrogen (secondary N) is 4. The van der Waals surface area contributed by atoms with Gasteiger partial charge in [-0.25, -0.2) is 4.79 Å². The van der Waals surface area contributed by atoms with E-state index in [1.807, 2.05) is 0 Å². The molecule has 1 aromatic carbocycles. The van der Waals surface area contributed by atoms with E-state index in [2.05, 4.69) is 21.3 Å². The van der Waals surface area contributed by atoms with Gasteiger partial charge in [0, 0.05) is 43.0 Å². The Balaban J connectivity index is 1.30. The highest BCUT2D eigenvalue weighted by molar-refractivity contribution is 8.00. The minimum absolute atomic E-state index is 0.0621. The van der Waals surface area contributed by atoms with Gasteiger partial charge >= 0.3 is 6.03 Å². The fraction of sp³-hybridized carbons (Fsp3) is 0.609. The molecule has 0 aromatic heterocycles. The normalized spacial score (nSPS) is 32.0. The Morgan fingerprint density at radius 1 is 1.24 bits per heavy atom. The zero-order valence-electron chi connectivity index (χ0n) is 20.6. The Morgan fingerprint density at radius 3 is 2.66 bits per heavy atom. The summed E-state index contributed by atoms with van der Waals surface area (Å²) in [5.41, 5.74) is -0.146. The first kappa shape index (κ1) is 27.9. The van der Waals surface area contributed by atoms with E-state index in [0.717, 1.165) is 12.2 Å². The van der Waals surface area contributed by atoms with Gasteiger partial charge in [0.1, 0.15) is 30.1 Å². The number of hydrogen-bond donors (Lipinski definition) is 6. The van der Waals surface area contributed by atoms with Crippen LogP contribution in [-0.4, -0.2) is 93.3 Å². The first-order valence-corrected chi connectivity index (χ1v) is 13.3. The second-order valence-electron chi connectivity index (χ2n) is 9.44. The highest BCUT2D eigenvalue weighted by Crippen LogP contribution is 2.33. The molecule has 4 amide bonds. The Bertz CT molecular complexity index is 1040. The van der Waals surface area contributed by atoms with Crippen LogP contribution in [-0.2, 0) is 14.3 Å². The minimum atomic E-state index is -1.47. The van der Waals surface area contributed by atoms with E-state index >= 15 is 0 Å². The van der Waals surface area contributed by atoms with Crippen molar-refractivity contribution in [1.29, 1.82) is 0 Å². The molecule has 6 N–H and O–H groups in total. The molecule has 0 bridgehead atoms. The molecule has 38 heavy (non-hydrogen) atoms. The second-order valence-corrected chi connectivity index (χ2v) is 10.7. The van der Waals surface area contributed by atoms with Crippen molar-refractivity contribution in [3.05, 3.63) is 34.4 Å². The summed E-state index contributed by atoms with van der Waals surface area (Å²) in [5, 5.41) is 43.4. The fourth-order valence-electron chi connectivity index (χ4n) is 4.78. The number of aliphatic hydroxyl groups is 2. The molecule has 3 saturated heterocycles. The number of hydrogen-bond acceptors (Lipinski definition) is 10. The number of carbonyl (C=O) groups is 3. The molecule has 0 aliphatic carbocycles. The van der Waals surface area contributed by atoms with Gasteiger partial charge in [-0.15, -0.1) is 0 Å². The number of nitrogens with zero attached hydrogens (tertiary/aromatic N) is 1. The zero-order chi connectivity index (χ0) is 27.4. The molecule has 0 spiro atoms. The maximum Gasteiger partial charge on any atom is 0.315 e. The third-order valence-electron chi connectivity index (χ3n) is 6.70. The number of aliphatic hydroxyl groups excluding tert-OH is 2. The summed E-state index contributed by atoms with van der Waals surface area (Å²) >= 11 is 1.77. The lowest BCUT2D eigenvalue weighted by molar-refractivity contribution is -0.384. The lowest BCUT2D eigenvalue weighted by Crippen LogP contribution is -2.66. The Kier molecular flexibility index (Phi) is 8.91. The quantitative estimate of drug-likeness (QED) is 0.123. The Hall–Kier alpha value is -3.14. The van der Waals surface area contributed by atoms with Gasteiger partial charge in [0.05, 0.1) is 17.0 Å². The molecule has 208 valence electrons. The van der Waals surface area contributed by atoms with Crippen molar-refractivity contribution in [1.82, 2.24) is 21.3 Å². The summed E-state index contributed by atoms with van der Waals surface area (Å²) in [7, 11) is 0. The number of amides is 4. The molecule has 3 aliphatic heterocycles. The maximum atomic E-state index is 12.5. The van der Waals surface area contributed by atoms with Crippen LogP contribution >= 0.6 is 11.8 Å². The van der Waals surface area contributed by atoms with Crippen LogP contribution in [0.1, 0.15) is 26.2 Å². The van der Waals surface area contributed by atoms with Crippen LogP contribution in [0.2, 0.25) is 0 Å². The molecule has 3 aliphatic rings. The van der Waals surface area contributed by atoms with Crippen molar-refractivity contribution in [2.75, 3.05) is 12.3 Å². The molecule has 15 heteroatoms. The molecule has 2 unspecified atom stereocenters. The standard InChI is InChI=1S/C23H31N5O9S/c1-11(29)25-19-21(32)20(31)15(37-22(19)36-13-7-5-12(6-8-13)28(34)35)9-24-17(30)4-2-3-16-18-14(10-38-16)26-23(33)27-18/h5-8,14-16,18-22,31-32H,2-4,9-10H2,1H3,(H,24,30)(H,25,29)(H2,26,27,33)/t14-,15?,16-,18-,19?,20+,21+,22+/m0/s1. The average molecular weight is 554 g/mol. The highest BCUT2D eigenvalue weighted by atomic mass is 32.2. The van der Waals surface area contributed by atoms with E-state index in [9.17, 15) is 34.7 Å². The van der Waals surface area contributed by atoms with Gasteiger partial charge in [-0.1, -0.05) is 0 Å². The van der Waals surface area contributed by atoms with Crippen molar-refractivity contribution in [2.24, 2.45) is 0 Å². The lowest BCUT2D eigenvalue weighted by Gasteiger charge is -2.42. The third-order valence-corrected chi connectivity index (χ3v) is 8.21. The summed E-state index contributed by atoms with van der Waals surface area (Å²) in [6.45, 7) is 1.11. The Labute approximate surface area is 222 Å². The Morgan fingerprint density at radius 2 is 1.97 bits per heavy atom. The molecule has 14 nitrogen and oxygen atoms in total. The van der Waals surface area contributed by atoms with E-state index < -0.39 is 41.5 Å². The number of fused-ring (bicyclic) bond motifs is 1. The van der Waals surface area contributed by atoms with Gasteiger partial charge in [-0.3, -0.25) is 19.7 Å². The molecule has 3 heterocycles. The maximum absolute atomic E-state index is 12.5. The smallest absolute Gasteiger partial charge is 0.315 e. The van der Waals surface area contributed by atoms with Gasteiger partial charge in [0.25, 0.3) is 5.69 Å². The number of thioether (sulfide) groups is 1. The number of urea groups is 1. The largest absolute Gasteiger partial charge is 0.463 e. The van der Waals surface area contributed by atoms with E-state index in [-0.39, 0.29) is 53.7 Å². The van der Waals surface area contributed by atoms with Crippen molar-refractivity contribution in [3.63, 3.8) is 0 Å². The van der Waals surface area contributed by atoms with Gasteiger partial charge in [-0.05, 0) is 25.0 Å². The highest BCUT2D eigenvalue weighted by Gasteiger charge is 2.46. The van der Waals surface area contributed by atoms with Gasteiger partial charge < -0.3 is 41.0 Å². The zero-order valence-corrected chi connectivity index (χ0v) is 21.4. The predicted molar refractivity (Wildman–Crippen MR) is 134 cm³/mol. The molecule has 4 rings (SSSR count). The molecular formula is C23H31N5O9S. The summed E-state index contributed by atoms with van der Waals surface area (Å²) in [5.74, 6) is 0.263. The van der Waals surface area contributed by atoms with Crippen LogP contribution in [0.25, 0.3) is 0 Å². The van der Waals surface area contributed by atoms with Crippen molar-refractivity contribution in [2.45, 2.75) is 74.2 Å². The molecule has 0 radical (unpaired) electrons. The van der Waals surface area contributed by atoms with Gasteiger partial charge in [0.2, 0.25) is 18.1 Å². The van der Waals surface area contributed by atoms with Gasteiger partial charge in [-0.2, -0.15) is 11.8 Å².